The molecule has 2 heteroatoms. The van der Waals surface area contributed by atoms with E-state index in [2.05, 4.69) is 23.5 Å². The number of aliphatic hydroxyl groups is 1. The zero-order valence-electron chi connectivity index (χ0n) is 11.2. The van der Waals surface area contributed by atoms with Gasteiger partial charge in [0.25, 0.3) is 0 Å². The molecule has 2 aliphatic carbocycles. The van der Waals surface area contributed by atoms with Crippen LogP contribution in [0.5, 0.6) is 0 Å². The third-order valence-electron chi connectivity index (χ3n) is 4.10. The molecular weight excluding hydrogens is 222 g/mol. The maximum Gasteiger partial charge on any atom is 0.0783 e. The quantitative estimate of drug-likeness (QED) is 0.833. The van der Waals surface area contributed by atoms with Gasteiger partial charge in [0.1, 0.15) is 0 Å². The van der Waals surface area contributed by atoms with Crippen LogP contribution in [0.2, 0.25) is 0 Å². The summed E-state index contributed by atoms with van der Waals surface area (Å²) in [6.07, 6.45) is 7.03. The minimum Gasteiger partial charge on any atom is -0.389 e. The summed E-state index contributed by atoms with van der Waals surface area (Å²) >= 11 is 0. The highest BCUT2D eigenvalue weighted by molar-refractivity contribution is 5.35. The summed E-state index contributed by atoms with van der Waals surface area (Å²) < 4.78 is 0. The predicted octanol–water partition coefficient (Wildman–Crippen LogP) is 2.22. The van der Waals surface area contributed by atoms with Crippen LogP contribution >= 0.6 is 0 Å². The SMILES string of the molecule is CC(O)(CNC1CC1)Cc1ccc2c(c1)CCC2. The van der Waals surface area contributed by atoms with E-state index in [1.54, 1.807) is 0 Å². The Morgan fingerprint density at radius 2 is 2.06 bits per heavy atom. The fraction of sp³-hybridized carbons (Fsp3) is 0.625. The van der Waals surface area contributed by atoms with Gasteiger partial charge in [0.2, 0.25) is 0 Å². The third kappa shape index (κ3) is 2.93. The van der Waals surface area contributed by atoms with E-state index >= 15 is 0 Å². The van der Waals surface area contributed by atoms with Crippen molar-refractivity contribution in [2.45, 2.75) is 57.1 Å². The Hall–Kier alpha value is -0.860. The summed E-state index contributed by atoms with van der Waals surface area (Å²) in [7, 11) is 0. The number of fused-ring (bicyclic) bond motifs is 1. The molecule has 0 amide bonds. The Bertz CT molecular complexity index is 435. The fourth-order valence-electron chi connectivity index (χ4n) is 2.89. The average Bonchev–Trinajstić information content (AvgIpc) is 3.04. The molecule has 1 aromatic carbocycles. The molecule has 1 unspecified atom stereocenters. The second-order valence-corrected chi connectivity index (χ2v) is 6.29. The summed E-state index contributed by atoms with van der Waals surface area (Å²) in [5.74, 6) is 0. The highest BCUT2D eigenvalue weighted by Crippen LogP contribution is 2.25. The molecule has 0 spiro atoms. The van der Waals surface area contributed by atoms with Gasteiger partial charge < -0.3 is 10.4 Å². The lowest BCUT2D eigenvalue weighted by atomic mass is 9.94. The lowest BCUT2D eigenvalue weighted by Gasteiger charge is -2.24. The molecule has 1 fully saturated rings. The lowest BCUT2D eigenvalue weighted by Crippen LogP contribution is -2.40. The molecule has 3 rings (SSSR count). The molecule has 0 radical (unpaired) electrons. The van der Waals surface area contributed by atoms with Crippen molar-refractivity contribution >= 4 is 0 Å². The first-order valence-corrected chi connectivity index (χ1v) is 7.19. The van der Waals surface area contributed by atoms with E-state index in [0.29, 0.717) is 12.6 Å². The van der Waals surface area contributed by atoms with Crippen LogP contribution in [0.3, 0.4) is 0 Å². The number of benzene rings is 1. The Morgan fingerprint density at radius 1 is 1.28 bits per heavy atom. The van der Waals surface area contributed by atoms with Crippen molar-refractivity contribution < 1.29 is 5.11 Å². The molecule has 2 N–H and O–H groups in total. The monoisotopic (exact) mass is 245 g/mol. The van der Waals surface area contributed by atoms with Gasteiger partial charge in [-0.05, 0) is 55.7 Å². The number of nitrogens with one attached hydrogen (secondary N) is 1. The lowest BCUT2D eigenvalue weighted by molar-refractivity contribution is 0.0597. The molecule has 0 saturated heterocycles. The van der Waals surface area contributed by atoms with E-state index in [-0.39, 0.29) is 0 Å². The first-order chi connectivity index (χ1) is 8.62. The second-order valence-electron chi connectivity index (χ2n) is 6.29. The number of hydrogen-bond donors (Lipinski definition) is 2. The van der Waals surface area contributed by atoms with Gasteiger partial charge >= 0.3 is 0 Å². The first-order valence-electron chi connectivity index (χ1n) is 7.19. The van der Waals surface area contributed by atoms with Crippen molar-refractivity contribution in [3.63, 3.8) is 0 Å². The number of aryl methyl sites for hydroxylation is 2. The maximum atomic E-state index is 10.4. The largest absolute Gasteiger partial charge is 0.389 e. The van der Waals surface area contributed by atoms with E-state index < -0.39 is 5.60 Å². The normalized spacial score (nSPS) is 21.7. The van der Waals surface area contributed by atoms with Gasteiger partial charge in [-0.1, -0.05) is 18.2 Å². The summed E-state index contributed by atoms with van der Waals surface area (Å²) in [5, 5.41) is 13.9. The number of hydrogen-bond acceptors (Lipinski definition) is 2. The smallest absolute Gasteiger partial charge is 0.0783 e. The van der Waals surface area contributed by atoms with Crippen LogP contribution < -0.4 is 5.32 Å². The van der Waals surface area contributed by atoms with Crippen LogP contribution in [0.4, 0.5) is 0 Å². The molecular formula is C16H23NO. The molecule has 0 heterocycles. The van der Waals surface area contributed by atoms with Gasteiger partial charge in [-0.2, -0.15) is 0 Å². The van der Waals surface area contributed by atoms with Crippen LogP contribution in [0.1, 0.15) is 42.9 Å². The van der Waals surface area contributed by atoms with Crippen molar-refractivity contribution in [3.8, 4) is 0 Å². The van der Waals surface area contributed by atoms with Crippen LogP contribution in [-0.2, 0) is 19.3 Å². The first kappa shape index (κ1) is 12.2. The molecule has 0 aliphatic heterocycles. The second kappa shape index (κ2) is 4.67. The molecule has 0 aromatic heterocycles. The Kier molecular flexibility index (Phi) is 3.16. The van der Waals surface area contributed by atoms with Gasteiger partial charge in [0.15, 0.2) is 0 Å². The van der Waals surface area contributed by atoms with E-state index in [9.17, 15) is 5.11 Å². The van der Waals surface area contributed by atoms with Gasteiger partial charge in [0.05, 0.1) is 5.60 Å². The Morgan fingerprint density at radius 3 is 2.83 bits per heavy atom. The van der Waals surface area contributed by atoms with Crippen LogP contribution in [0.15, 0.2) is 18.2 Å². The highest BCUT2D eigenvalue weighted by atomic mass is 16.3. The minimum atomic E-state index is -0.630. The average molecular weight is 245 g/mol. The zero-order chi connectivity index (χ0) is 12.6. The zero-order valence-corrected chi connectivity index (χ0v) is 11.2. The van der Waals surface area contributed by atoms with Gasteiger partial charge in [-0.25, -0.2) is 0 Å². The molecule has 0 bridgehead atoms. The van der Waals surface area contributed by atoms with Crippen molar-refractivity contribution in [1.82, 2.24) is 5.32 Å². The van der Waals surface area contributed by atoms with Gasteiger partial charge in [0, 0.05) is 19.0 Å². The van der Waals surface area contributed by atoms with E-state index in [4.69, 9.17) is 0 Å². The summed E-state index contributed by atoms with van der Waals surface area (Å²) in [6.45, 7) is 2.64. The van der Waals surface area contributed by atoms with E-state index in [0.717, 1.165) is 6.42 Å². The van der Waals surface area contributed by atoms with Crippen molar-refractivity contribution in [3.05, 3.63) is 34.9 Å². The summed E-state index contributed by atoms with van der Waals surface area (Å²) in [6, 6.07) is 7.41. The molecule has 18 heavy (non-hydrogen) atoms. The minimum absolute atomic E-state index is 0.630. The van der Waals surface area contributed by atoms with Gasteiger partial charge in [-0.3, -0.25) is 0 Å². The molecule has 98 valence electrons. The van der Waals surface area contributed by atoms with E-state index in [1.807, 2.05) is 6.92 Å². The maximum absolute atomic E-state index is 10.4. The van der Waals surface area contributed by atoms with Crippen LogP contribution in [-0.4, -0.2) is 23.3 Å². The fourth-order valence-corrected chi connectivity index (χ4v) is 2.89. The van der Waals surface area contributed by atoms with E-state index in [1.165, 1.54) is 48.8 Å². The van der Waals surface area contributed by atoms with Crippen molar-refractivity contribution in [2.24, 2.45) is 0 Å². The highest BCUT2D eigenvalue weighted by Gasteiger charge is 2.27. The molecule has 1 aromatic rings. The van der Waals surface area contributed by atoms with Crippen molar-refractivity contribution in [1.29, 1.82) is 0 Å². The summed E-state index contributed by atoms with van der Waals surface area (Å²) in [5.41, 5.74) is 3.65. The topological polar surface area (TPSA) is 32.3 Å². The van der Waals surface area contributed by atoms with Crippen LogP contribution in [0, 0.1) is 0 Å². The Labute approximate surface area is 109 Å². The van der Waals surface area contributed by atoms with Crippen LogP contribution in [0.25, 0.3) is 0 Å². The standard InChI is InChI=1S/C16H23NO/c1-16(18,11-17-15-7-8-15)10-12-5-6-13-3-2-4-14(13)9-12/h5-6,9,15,17-18H,2-4,7-8,10-11H2,1H3. The molecule has 1 atom stereocenters. The summed E-state index contributed by atoms with van der Waals surface area (Å²) in [4.78, 5) is 0. The Balaban J connectivity index is 1.63. The molecule has 1 saturated carbocycles. The van der Waals surface area contributed by atoms with Crippen molar-refractivity contribution in [2.75, 3.05) is 6.54 Å². The van der Waals surface area contributed by atoms with Gasteiger partial charge in [-0.15, -0.1) is 0 Å². The molecule has 2 aliphatic rings. The predicted molar refractivity (Wildman–Crippen MR) is 73.8 cm³/mol. The molecule has 2 nitrogen and oxygen atoms in total. The number of rotatable bonds is 5. The third-order valence-corrected chi connectivity index (χ3v) is 4.10.